The minimum absolute atomic E-state index is 0.172. The van der Waals surface area contributed by atoms with Crippen LogP contribution >= 0.6 is 0 Å². The first-order valence-electron chi connectivity index (χ1n) is 11.8. The van der Waals surface area contributed by atoms with E-state index in [2.05, 4.69) is 68.2 Å². The molecule has 32 heavy (non-hydrogen) atoms. The lowest BCUT2D eigenvalue weighted by Crippen LogP contribution is -2.71. The Hall–Kier alpha value is -1.31. The van der Waals surface area contributed by atoms with Crippen LogP contribution in [-0.4, -0.2) is 113 Å². The highest BCUT2D eigenvalue weighted by Gasteiger charge is 2.53. The van der Waals surface area contributed by atoms with Gasteiger partial charge in [0, 0.05) is 54.8 Å². The molecule has 0 aromatic rings. The summed E-state index contributed by atoms with van der Waals surface area (Å²) in [5.41, 5.74) is 1.43. The Morgan fingerprint density at radius 2 is 1.38 bits per heavy atom. The Kier molecular flexibility index (Phi) is 8.33. The van der Waals surface area contributed by atoms with Gasteiger partial charge in [-0.15, -0.1) is 0 Å². The molecule has 4 saturated heterocycles. The third kappa shape index (κ3) is 6.39. The number of carbonyl (C=O) groups excluding carboxylic acids is 2. The van der Waals surface area contributed by atoms with Gasteiger partial charge in [0.25, 0.3) is 0 Å². The van der Waals surface area contributed by atoms with Crippen LogP contribution in [0.4, 0.5) is 0 Å². The Morgan fingerprint density at radius 3 is 1.78 bits per heavy atom. The lowest BCUT2D eigenvalue weighted by molar-refractivity contribution is -0.191. The van der Waals surface area contributed by atoms with Gasteiger partial charge in [0.15, 0.2) is 0 Å². The summed E-state index contributed by atoms with van der Waals surface area (Å²) in [5.74, 6) is -0.699. The van der Waals surface area contributed by atoms with E-state index in [9.17, 15) is 4.79 Å². The summed E-state index contributed by atoms with van der Waals surface area (Å²) in [6, 6.07) is 0. The molecular weight excluding hydrogens is 408 g/mol. The van der Waals surface area contributed by atoms with Crippen LogP contribution in [-0.2, 0) is 14.4 Å². The SMILES string of the molecule is CC(C)(C)N1CC2(CCCN2CC(=O)O)C1.CN1CCC2(C1)CN(C(C)(C)C)C2.O=C=O. The molecule has 0 saturated carbocycles. The molecular formula is C24H44N4O4. The molecule has 1 N–H and O–H groups in total. The Morgan fingerprint density at radius 1 is 0.875 bits per heavy atom. The maximum absolute atomic E-state index is 10.8. The zero-order valence-corrected chi connectivity index (χ0v) is 21.2. The molecule has 4 aliphatic rings. The highest BCUT2D eigenvalue weighted by atomic mass is 16.4. The van der Waals surface area contributed by atoms with Crippen molar-refractivity contribution in [2.75, 3.05) is 59.4 Å². The number of carbonyl (C=O) groups is 1. The van der Waals surface area contributed by atoms with Crippen molar-refractivity contribution in [2.24, 2.45) is 5.41 Å². The van der Waals surface area contributed by atoms with E-state index in [1.165, 1.54) is 32.6 Å². The summed E-state index contributed by atoms with van der Waals surface area (Å²) in [6.45, 7) is 22.1. The number of carboxylic acids is 1. The summed E-state index contributed by atoms with van der Waals surface area (Å²) >= 11 is 0. The number of likely N-dealkylation sites (tertiary alicyclic amines) is 4. The molecule has 0 unspecified atom stereocenters. The van der Waals surface area contributed by atoms with Crippen LogP contribution in [0.2, 0.25) is 0 Å². The average Bonchev–Trinajstić information content (AvgIpc) is 3.15. The normalized spacial score (nSPS) is 25.2. The lowest BCUT2D eigenvalue weighted by Gasteiger charge is -2.57. The zero-order valence-electron chi connectivity index (χ0n) is 21.2. The zero-order chi connectivity index (χ0) is 24.4. The van der Waals surface area contributed by atoms with Crippen LogP contribution < -0.4 is 0 Å². The van der Waals surface area contributed by atoms with Gasteiger partial charge >= 0.3 is 12.1 Å². The van der Waals surface area contributed by atoms with E-state index in [-0.39, 0.29) is 23.8 Å². The van der Waals surface area contributed by atoms with Crippen LogP contribution in [0.3, 0.4) is 0 Å². The van der Waals surface area contributed by atoms with Gasteiger partial charge in [-0.2, -0.15) is 9.59 Å². The third-order valence-corrected chi connectivity index (χ3v) is 7.62. The first kappa shape index (κ1) is 26.9. The molecule has 0 amide bonds. The molecule has 4 fully saturated rings. The Bertz CT molecular complexity index is 679. The van der Waals surface area contributed by atoms with Crippen LogP contribution in [0.25, 0.3) is 0 Å². The van der Waals surface area contributed by atoms with Gasteiger partial charge < -0.3 is 10.0 Å². The Balaban J connectivity index is 0.000000206. The van der Waals surface area contributed by atoms with Gasteiger partial charge in [0.2, 0.25) is 0 Å². The molecule has 4 heterocycles. The van der Waals surface area contributed by atoms with Crippen LogP contribution in [0.5, 0.6) is 0 Å². The van der Waals surface area contributed by atoms with Crippen LogP contribution in [0.1, 0.15) is 60.8 Å². The average molecular weight is 453 g/mol. The molecule has 0 radical (unpaired) electrons. The van der Waals surface area contributed by atoms with E-state index in [1.54, 1.807) is 0 Å². The molecule has 184 valence electrons. The fourth-order valence-corrected chi connectivity index (χ4v) is 5.56. The van der Waals surface area contributed by atoms with Crippen LogP contribution in [0.15, 0.2) is 0 Å². The van der Waals surface area contributed by atoms with Gasteiger partial charge in [-0.25, -0.2) is 0 Å². The number of nitrogens with zero attached hydrogens (tertiary/aromatic N) is 4. The molecule has 0 aromatic heterocycles. The molecule has 0 aliphatic carbocycles. The van der Waals surface area contributed by atoms with E-state index in [1.807, 2.05) is 0 Å². The first-order chi connectivity index (χ1) is 14.7. The molecule has 4 aliphatic heterocycles. The highest BCUT2D eigenvalue weighted by molar-refractivity contribution is 5.69. The molecule has 0 atom stereocenters. The first-order valence-corrected chi connectivity index (χ1v) is 11.8. The second-order valence-electron chi connectivity index (χ2n) is 12.3. The smallest absolute Gasteiger partial charge is 0.373 e. The van der Waals surface area contributed by atoms with Crippen molar-refractivity contribution in [3.05, 3.63) is 0 Å². The minimum atomic E-state index is -0.699. The molecule has 8 nitrogen and oxygen atoms in total. The summed E-state index contributed by atoms with van der Waals surface area (Å²) in [7, 11) is 2.24. The second kappa shape index (κ2) is 9.90. The predicted molar refractivity (Wildman–Crippen MR) is 123 cm³/mol. The van der Waals surface area contributed by atoms with E-state index in [0.717, 1.165) is 32.5 Å². The van der Waals surface area contributed by atoms with E-state index >= 15 is 0 Å². The number of rotatable bonds is 2. The van der Waals surface area contributed by atoms with E-state index in [0.29, 0.717) is 11.0 Å². The maximum Gasteiger partial charge on any atom is 0.373 e. The number of hydrogen-bond donors (Lipinski definition) is 1. The van der Waals surface area contributed by atoms with Gasteiger partial charge in [-0.05, 0) is 80.9 Å². The summed E-state index contributed by atoms with van der Waals surface area (Å²) < 4.78 is 0. The number of hydrogen-bond acceptors (Lipinski definition) is 7. The van der Waals surface area contributed by atoms with Crippen LogP contribution in [0, 0.1) is 5.41 Å². The largest absolute Gasteiger partial charge is 0.480 e. The van der Waals surface area contributed by atoms with Crippen molar-refractivity contribution in [2.45, 2.75) is 77.4 Å². The predicted octanol–water partition coefficient (Wildman–Crippen LogP) is 1.86. The fraction of sp³-hybridized carbons (Fsp3) is 0.917. The molecule has 8 heteroatoms. The summed E-state index contributed by atoms with van der Waals surface area (Å²) in [6.07, 6.45) is 3.97. The van der Waals surface area contributed by atoms with Crippen molar-refractivity contribution < 1.29 is 19.5 Å². The fourth-order valence-electron chi connectivity index (χ4n) is 5.56. The van der Waals surface area contributed by atoms with Gasteiger partial charge in [0.1, 0.15) is 0 Å². The van der Waals surface area contributed by atoms with E-state index < -0.39 is 5.97 Å². The van der Waals surface area contributed by atoms with Gasteiger partial charge in [-0.1, -0.05) is 0 Å². The van der Waals surface area contributed by atoms with Crippen molar-refractivity contribution in [1.82, 2.24) is 19.6 Å². The summed E-state index contributed by atoms with van der Waals surface area (Å²) in [4.78, 5) is 36.7. The van der Waals surface area contributed by atoms with Crippen molar-refractivity contribution in [3.63, 3.8) is 0 Å². The standard InChI is InChI=1S/C12H22N2O2.C11H22N2.CO2/c1-11(2,3)14-8-12(9-14)5-4-6-13(12)7-10(15)16;1-10(2,3)13-8-11(9-13)5-6-12(4)7-11;2-1-3/h4-9H2,1-3H3,(H,15,16);5-9H2,1-4H3;. The topological polar surface area (TPSA) is 84.4 Å². The van der Waals surface area contributed by atoms with Crippen molar-refractivity contribution in [1.29, 1.82) is 0 Å². The van der Waals surface area contributed by atoms with Crippen molar-refractivity contribution >= 4 is 12.1 Å². The monoisotopic (exact) mass is 452 g/mol. The number of aliphatic carboxylic acids is 1. The summed E-state index contributed by atoms with van der Waals surface area (Å²) in [5, 5.41) is 8.90. The van der Waals surface area contributed by atoms with Crippen molar-refractivity contribution in [3.8, 4) is 0 Å². The van der Waals surface area contributed by atoms with Gasteiger partial charge in [-0.3, -0.25) is 19.5 Å². The lowest BCUT2D eigenvalue weighted by atomic mass is 9.76. The highest BCUT2D eigenvalue weighted by Crippen LogP contribution is 2.42. The Labute approximate surface area is 193 Å². The molecule has 2 spiro atoms. The van der Waals surface area contributed by atoms with E-state index in [4.69, 9.17) is 14.7 Å². The minimum Gasteiger partial charge on any atom is -0.480 e. The molecule has 4 rings (SSSR count). The quantitative estimate of drug-likeness (QED) is 0.680. The molecule has 0 bridgehead atoms. The van der Waals surface area contributed by atoms with Gasteiger partial charge in [0.05, 0.1) is 6.54 Å². The molecule has 0 aromatic carbocycles. The maximum atomic E-state index is 10.8. The number of carboxylic acid groups (broad SMARTS) is 1. The third-order valence-electron chi connectivity index (χ3n) is 7.62. The second-order valence-corrected chi connectivity index (χ2v) is 12.3.